The normalized spacial score (nSPS) is 21.9. The van der Waals surface area contributed by atoms with Crippen LogP contribution in [0.15, 0.2) is 30.7 Å². The fourth-order valence-electron chi connectivity index (χ4n) is 6.55. The zero-order chi connectivity index (χ0) is 24.4. The lowest BCUT2D eigenvalue weighted by molar-refractivity contribution is 0.0627. The first-order valence-electron chi connectivity index (χ1n) is 13.2. The van der Waals surface area contributed by atoms with Crippen molar-refractivity contribution in [3.8, 4) is 17.3 Å². The highest BCUT2D eigenvalue weighted by Crippen LogP contribution is 2.39. The highest BCUT2D eigenvalue weighted by atomic mass is 16.5. The molecule has 0 unspecified atom stereocenters. The summed E-state index contributed by atoms with van der Waals surface area (Å²) in [6.45, 7) is 2.65. The van der Waals surface area contributed by atoms with Crippen LogP contribution in [-0.4, -0.2) is 55.1 Å². The molecule has 3 fully saturated rings. The van der Waals surface area contributed by atoms with Gasteiger partial charge in [0.25, 0.3) is 5.91 Å². The number of imidazole rings is 1. The molecule has 3 aliphatic rings. The Labute approximate surface area is 210 Å². The lowest BCUT2D eigenvalue weighted by Gasteiger charge is -2.35. The van der Waals surface area contributed by atoms with Crippen molar-refractivity contribution < 1.29 is 9.53 Å². The van der Waals surface area contributed by atoms with Crippen LogP contribution in [0.5, 0.6) is 5.75 Å². The molecule has 0 radical (unpaired) electrons. The number of amides is 1. The predicted octanol–water partition coefficient (Wildman–Crippen LogP) is 4.67. The van der Waals surface area contributed by atoms with Gasteiger partial charge in [-0.3, -0.25) is 4.79 Å². The number of hydrogen-bond donors (Lipinski definition) is 0. The Morgan fingerprint density at radius 2 is 1.97 bits per heavy atom. The molecule has 8 heteroatoms. The second-order valence-electron chi connectivity index (χ2n) is 10.9. The van der Waals surface area contributed by atoms with E-state index in [-0.39, 0.29) is 5.91 Å². The van der Waals surface area contributed by atoms with Gasteiger partial charge >= 0.3 is 0 Å². The van der Waals surface area contributed by atoms with E-state index in [9.17, 15) is 4.79 Å². The summed E-state index contributed by atoms with van der Waals surface area (Å²) in [5.41, 5.74) is 4.30. The number of carbonyl (C=O) groups is 1. The molecule has 1 amide bonds. The summed E-state index contributed by atoms with van der Waals surface area (Å²) >= 11 is 0. The minimum atomic E-state index is 0.0888. The van der Waals surface area contributed by atoms with Crippen LogP contribution in [0.25, 0.3) is 33.6 Å². The summed E-state index contributed by atoms with van der Waals surface area (Å²) in [4.78, 5) is 29.5. The molecule has 4 heterocycles. The molecule has 1 aromatic carbocycles. The van der Waals surface area contributed by atoms with Crippen molar-refractivity contribution in [2.45, 2.75) is 45.1 Å². The van der Waals surface area contributed by atoms with Crippen molar-refractivity contribution in [1.29, 1.82) is 0 Å². The number of piperidine rings is 1. The summed E-state index contributed by atoms with van der Waals surface area (Å²) in [7, 11) is 3.68. The minimum Gasteiger partial charge on any atom is -0.494 e. The number of methoxy groups -OCH3 is 1. The molecule has 2 saturated carbocycles. The van der Waals surface area contributed by atoms with Crippen molar-refractivity contribution in [2.75, 3.05) is 20.2 Å². The fraction of sp³-hybridized carbons (Fsp3) is 0.500. The Morgan fingerprint density at radius 3 is 2.81 bits per heavy atom. The molecule has 0 bridgehead atoms. The Kier molecular flexibility index (Phi) is 5.04. The first-order chi connectivity index (χ1) is 17.6. The number of hydrogen-bond acceptors (Lipinski definition) is 5. The van der Waals surface area contributed by atoms with E-state index in [2.05, 4.69) is 25.2 Å². The summed E-state index contributed by atoms with van der Waals surface area (Å²) in [6.07, 6.45) is 11.0. The van der Waals surface area contributed by atoms with E-state index in [0.29, 0.717) is 23.1 Å². The van der Waals surface area contributed by atoms with E-state index in [1.54, 1.807) is 13.4 Å². The highest BCUT2D eigenvalue weighted by Gasteiger charge is 2.35. The van der Waals surface area contributed by atoms with E-state index in [1.807, 2.05) is 30.3 Å². The number of carbonyl (C=O) groups excluding carboxylic acids is 1. The highest BCUT2D eigenvalue weighted by molar-refractivity contribution is 6.00. The average Bonchev–Trinajstić information content (AvgIpc) is 3.32. The van der Waals surface area contributed by atoms with E-state index in [1.165, 1.54) is 32.1 Å². The number of aromatic nitrogens is 5. The zero-order valence-corrected chi connectivity index (χ0v) is 21.0. The van der Waals surface area contributed by atoms with E-state index in [4.69, 9.17) is 9.72 Å². The van der Waals surface area contributed by atoms with Crippen LogP contribution in [-0.2, 0) is 13.6 Å². The Balaban J connectivity index is 1.30. The predicted molar refractivity (Wildman–Crippen MR) is 138 cm³/mol. The molecule has 3 aromatic heterocycles. The largest absolute Gasteiger partial charge is 0.494 e. The van der Waals surface area contributed by atoms with Gasteiger partial charge in [-0.15, -0.1) is 0 Å². The smallest absolute Gasteiger partial charge is 0.254 e. The quantitative estimate of drug-likeness (QED) is 0.412. The summed E-state index contributed by atoms with van der Waals surface area (Å²) in [5.74, 6) is 3.76. The van der Waals surface area contributed by atoms with Crippen LogP contribution in [0.3, 0.4) is 0 Å². The molecule has 36 heavy (non-hydrogen) atoms. The monoisotopic (exact) mass is 484 g/mol. The van der Waals surface area contributed by atoms with Crippen molar-refractivity contribution in [3.05, 3.63) is 36.3 Å². The molecule has 7 rings (SSSR count). The van der Waals surface area contributed by atoms with Gasteiger partial charge in [0.05, 0.1) is 18.3 Å². The fourth-order valence-corrected chi connectivity index (χ4v) is 6.55. The molecule has 1 aliphatic heterocycles. The van der Waals surface area contributed by atoms with Crippen molar-refractivity contribution in [2.24, 2.45) is 24.8 Å². The third-order valence-electron chi connectivity index (χ3n) is 8.65. The number of likely N-dealkylation sites (tertiary alicyclic amines) is 1. The van der Waals surface area contributed by atoms with Crippen molar-refractivity contribution in [1.82, 2.24) is 29.0 Å². The number of ether oxygens (including phenoxy) is 1. The molecule has 2 aliphatic carbocycles. The Morgan fingerprint density at radius 1 is 1.11 bits per heavy atom. The summed E-state index contributed by atoms with van der Waals surface area (Å²) in [6, 6.07) is 5.96. The molecular formula is C28H32N6O2. The van der Waals surface area contributed by atoms with E-state index >= 15 is 0 Å². The Bertz CT molecular complexity index is 1480. The van der Waals surface area contributed by atoms with Crippen LogP contribution in [0.4, 0.5) is 0 Å². The second-order valence-corrected chi connectivity index (χ2v) is 10.9. The van der Waals surface area contributed by atoms with Crippen molar-refractivity contribution >= 4 is 28.0 Å². The van der Waals surface area contributed by atoms with Crippen LogP contribution < -0.4 is 4.74 Å². The van der Waals surface area contributed by atoms with Crippen LogP contribution >= 0.6 is 0 Å². The Hall–Kier alpha value is -3.42. The van der Waals surface area contributed by atoms with Crippen LogP contribution in [0.2, 0.25) is 0 Å². The maximum atomic E-state index is 13.6. The van der Waals surface area contributed by atoms with Crippen LogP contribution in [0, 0.1) is 17.8 Å². The molecule has 8 nitrogen and oxygen atoms in total. The van der Waals surface area contributed by atoms with Gasteiger partial charge in [-0.1, -0.05) is 12.8 Å². The topological polar surface area (TPSA) is 78.1 Å². The van der Waals surface area contributed by atoms with Gasteiger partial charge in [0, 0.05) is 43.8 Å². The standard InChI is InChI=1S/C28H32N6O2/c1-32-25-22(31-27(32)23-11-21-13-29-16-30-26(21)34(23)14-17-6-7-17)10-20(12-24(25)36-2)28(35)33-9-8-18-4-3-5-19(18)15-33/h10-13,16-19H,3-9,14-15H2,1-2H3/t18-,19+/m1/s1. The first kappa shape index (κ1) is 21.8. The third-order valence-corrected chi connectivity index (χ3v) is 8.65. The van der Waals surface area contributed by atoms with Gasteiger partial charge in [0.15, 0.2) is 5.82 Å². The van der Waals surface area contributed by atoms with Gasteiger partial charge in [0.2, 0.25) is 0 Å². The number of fused-ring (bicyclic) bond motifs is 3. The maximum Gasteiger partial charge on any atom is 0.254 e. The lowest BCUT2D eigenvalue weighted by atomic mass is 9.88. The average molecular weight is 485 g/mol. The van der Waals surface area contributed by atoms with E-state index in [0.717, 1.165) is 65.6 Å². The lowest BCUT2D eigenvalue weighted by Crippen LogP contribution is -2.42. The SMILES string of the molecule is COc1cc(C(=O)N2CC[C@H]3CCC[C@H]3C2)cc2nc(-c3cc4cncnc4n3CC3CC3)n(C)c12. The molecule has 0 spiro atoms. The third kappa shape index (κ3) is 3.49. The van der Waals surface area contributed by atoms with Gasteiger partial charge < -0.3 is 18.8 Å². The molecular weight excluding hydrogens is 452 g/mol. The molecule has 0 N–H and O–H groups in total. The van der Waals surface area contributed by atoms with Gasteiger partial charge in [-0.05, 0) is 61.6 Å². The first-order valence-corrected chi connectivity index (χ1v) is 13.2. The maximum absolute atomic E-state index is 13.6. The molecule has 2 atom stereocenters. The number of aryl methyl sites for hydroxylation is 1. The second kappa shape index (κ2) is 8.32. The number of rotatable bonds is 5. The van der Waals surface area contributed by atoms with E-state index < -0.39 is 0 Å². The molecule has 186 valence electrons. The molecule has 4 aromatic rings. The van der Waals surface area contributed by atoms with Crippen molar-refractivity contribution in [3.63, 3.8) is 0 Å². The number of benzene rings is 1. The molecule has 1 saturated heterocycles. The van der Waals surface area contributed by atoms with Crippen LogP contribution in [0.1, 0.15) is 48.9 Å². The summed E-state index contributed by atoms with van der Waals surface area (Å²) in [5, 5.41) is 1.01. The van der Waals surface area contributed by atoms with Gasteiger partial charge in [-0.25, -0.2) is 15.0 Å². The minimum absolute atomic E-state index is 0.0888. The van der Waals surface area contributed by atoms with Gasteiger partial charge in [-0.2, -0.15) is 0 Å². The van der Waals surface area contributed by atoms with Gasteiger partial charge in [0.1, 0.15) is 23.2 Å². The zero-order valence-electron chi connectivity index (χ0n) is 21.0. The summed E-state index contributed by atoms with van der Waals surface area (Å²) < 4.78 is 10.2. The number of nitrogens with zero attached hydrogens (tertiary/aromatic N) is 6.